The minimum Gasteiger partial charge on any atom is -0.331 e. The summed E-state index contributed by atoms with van der Waals surface area (Å²) in [5.41, 5.74) is 2.13. The monoisotopic (exact) mass is 373 g/mol. The van der Waals surface area contributed by atoms with Crippen molar-refractivity contribution in [1.29, 1.82) is 0 Å². The standard InChI is InChI=1S/C21H15N3O2S/c25-19(22-15-7-3-1-4-8-15)14-11-12-17-18(13-14)23-21(27)24(20(17)26)16-9-5-2-6-10-16/h1-13H,(H,22,25)(H,23,27). The Morgan fingerprint density at radius 1 is 0.926 bits per heavy atom. The van der Waals surface area contributed by atoms with Crippen molar-refractivity contribution in [3.05, 3.63) is 99.6 Å². The van der Waals surface area contributed by atoms with E-state index in [0.29, 0.717) is 27.8 Å². The van der Waals surface area contributed by atoms with Gasteiger partial charge in [-0.2, -0.15) is 0 Å². The molecule has 0 aliphatic rings. The van der Waals surface area contributed by atoms with E-state index in [2.05, 4.69) is 10.3 Å². The van der Waals surface area contributed by atoms with E-state index in [1.165, 1.54) is 4.57 Å². The first kappa shape index (κ1) is 16.9. The molecule has 0 aliphatic carbocycles. The zero-order valence-electron chi connectivity index (χ0n) is 14.2. The molecule has 0 spiro atoms. The van der Waals surface area contributed by atoms with Crippen molar-refractivity contribution in [3.63, 3.8) is 0 Å². The molecule has 0 bridgehead atoms. The summed E-state index contributed by atoms with van der Waals surface area (Å²) in [6.07, 6.45) is 0. The lowest BCUT2D eigenvalue weighted by Gasteiger charge is -2.09. The lowest BCUT2D eigenvalue weighted by molar-refractivity contribution is 0.102. The molecule has 27 heavy (non-hydrogen) atoms. The Morgan fingerprint density at radius 2 is 1.59 bits per heavy atom. The molecule has 0 radical (unpaired) electrons. The number of rotatable bonds is 3. The van der Waals surface area contributed by atoms with Crippen LogP contribution in [0.2, 0.25) is 0 Å². The summed E-state index contributed by atoms with van der Waals surface area (Å²) < 4.78 is 1.72. The number of hydrogen-bond donors (Lipinski definition) is 2. The minimum atomic E-state index is -0.255. The molecule has 0 unspecified atom stereocenters. The Kier molecular flexibility index (Phi) is 4.40. The fourth-order valence-electron chi connectivity index (χ4n) is 2.90. The van der Waals surface area contributed by atoms with Gasteiger partial charge in [0.15, 0.2) is 4.77 Å². The van der Waals surface area contributed by atoms with Gasteiger partial charge in [0, 0.05) is 11.3 Å². The van der Waals surface area contributed by atoms with Crippen molar-refractivity contribution in [2.75, 3.05) is 5.32 Å². The Labute approximate surface area is 159 Å². The number of benzene rings is 3. The summed E-state index contributed by atoms with van der Waals surface area (Å²) in [4.78, 5) is 28.4. The molecule has 5 nitrogen and oxygen atoms in total. The molecule has 2 N–H and O–H groups in total. The summed E-state index contributed by atoms with van der Waals surface area (Å²) in [5.74, 6) is -0.255. The lowest BCUT2D eigenvalue weighted by Crippen LogP contribution is -2.21. The highest BCUT2D eigenvalue weighted by molar-refractivity contribution is 7.71. The van der Waals surface area contributed by atoms with Gasteiger partial charge in [0.25, 0.3) is 11.5 Å². The van der Waals surface area contributed by atoms with Gasteiger partial charge in [0.1, 0.15) is 0 Å². The normalized spacial score (nSPS) is 10.7. The summed E-state index contributed by atoms with van der Waals surface area (Å²) in [6.45, 7) is 0. The smallest absolute Gasteiger partial charge is 0.266 e. The second-order valence-corrected chi connectivity index (χ2v) is 6.37. The van der Waals surface area contributed by atoms with Gasteiger partial charge in [-0.1, -0.05) is 36.4 Å². The first-order chi connectivity index (χ1) is 13.1. The zero-order valence-corrected chi connectivity index (χ0v) is 15.0. The number of para-hydroxylation sites is 2. The number of hydrogen-bond acceptors (Lipinski definition) is 3. The van der Waals surface area contributed by atoms with Gasteiger partial charge in [-0.3, -0.25) is 14.2 Å². The van der Waals surface area contributed by atoms with Crippen LogP contribution in [-0.2, 0) is 0 Å². The van der Waals surface area contributed by atoms with Crippen molar-refractivity contribution >= 4 is 34.7 Å². The van der Waals surface area contributed by atoms with E-state index < -0.39 is 0 Å². The molecular weight excluding hydrogens is 358 g/mol. The van der Waals surface area contributed by atoms with E-state index in [0.717, 1.165) is 0 Å². The van der Waals surface area contributed by atoms with Gasteiger partial charge < -0.3 is 10.3 Å². The molecule has 4 rings (SSSR count). The van der Waals surface area contributed by atoms with Crippen molar-refractivity contribution < 1.29 is 4.79 Å². The molecule has 6 heteroatoms. The van der Waals surface area contributed by atoms with Crippen LogP contribution in [0.25, 0.3) is 16.6 Å². The number of carbonyl (C=O) groups excluding carboxylic acids is 1. The molecule has 0 fully saturated rings. The van der Waals surface area contributed by atoms with Crippen molar-refractivity contribution in [2.45, 2.75) is 0 Å². The summed E-state index contributed by atoms with van der Waals surface area (Å²) in [6, 6.07) is 23.3. The molecule has 1 amide bonds. The van der Waals surface area contributed by atoms with Crippen LogP contribution >= 0.6 is 12.2 Å². The van der Waals surface area contributed by atoms with Crippen molar-refractivity contribution in [1.82, 2.24) is 9.55 Å². The molecule has 3 aromatic carbocycles. The summed E-state index contributed by atoms with van der Waals surface area (Å²) in [5, 5.41) is 3.29. The molecule has 0 saturated heterocycles. The number of aromatic nitrogens is 2. The molecule has 0 atom stereocenters. The molecule has 1 heterocycles. The van der Waals surface area contributed by atoms with Crippen LogP contribution in [0.5, 0.6) is 0 Å². The van der Waals surface area contributed by atoms with Gasteiger partial charge in [0.2, 0.25) is 0 Å². The number of fused-ring (bicyclic) bond motifs is 1. The highest BCUT2D eigenvalue weighted by Gasteiger charge is 2.11. The van der Waals surface area contributed by atoms with Crippen LogP contribution in [0.3, 0.4) is 0 Å². The molecule has 132 valence electrons. The number of amides is 1. The van der Waals surface area contributed by atoms with Crippen molar-refractivity contribution in [3.8, 4) is 5.69 Å². The topological polar surface area (TPSA) is 66.9 Å². The fourth-order valence-corrected chi connectivity index (χ4v) is 3.19. The third-order valence-corrected chi connectivity index (χ3v) is 4.49. The molecule has 0 aliphatic heterocycles. The van der Waals surface area contributed by atoms with Gasteiger partial charge in [-0.15, -0.1) is 0 Å². The van der Waals surface area contributed by atoms with Crippen LogP contribution < -0.4 is 10.9 Å². The highest BCUT2D eigenvalue weighted by atomic mass is 32.1. The number of carbonyl (C=O) groups is 1. The Bertz CT molecular complexity index is 1250. The molecule has 1 aromatic heterocycles. The van der Waals surface area contributed by atoms with Crippen LogP contribution in [-0.4, -0.2) is 15.5 Å². The predicted molar refractivity (Wildman–Crippen MR) is 109 cm³/mol. The third kappa shape index (κ3) is 3.30. The first-order valence-electron chi connectivity index (χ1n) is 8.34. The van der Waals surface area contributed by atoms with Crippen LogP contribution in [0.15, 0.2) is 83.7 Å². The minimum absolute atomic E-state index is 0.227. The SMILES string of the molecule is O=C(Nc1ccccc1)c1ccc2c(=O)n(-c3ccccc3)c(=S)[nH]c2c1. The zero-order chi connectivity index (χ0) is 18.8. The van der Waals surface area contributed by atoms with Gasteiger partial charge >= 0.3 is 0 Å². The Morgan fingerprint density at radius 3 is 2.30 bits per heavy atom. The van der Waals surface area contributed by atoms with E-state index in [1.54, 1.807) is 18.2 Å². The predicted octanol–water partition coefficient (Wildman–Crippen LogP) is 4.30. The van der Waals surface area contributed by atoms with E-state index in [4.69, 9.17) is 12.2 Å². The maximum atomic E-state index is 12.9. The number of aromatic amines is 1. The van der Waals surface area contributed by atoms with Crippen molar-refractivity contribution in [2.24, 2.45) is 0 Å². The largest absolute Gasteiger partial charge is 0.331 e. The Balaban J connectivity index is 1.77. The van der Waals surface area contributed by atoms with Gasteiger partial charge in [-0.05, 0) is 54.7 Å². The third-order valence-electron chi connectivity index (χ3n) is 4.21. The number of nitrogens with one attached hydrogen (secondary N) is 2. The average molecular weight is 373 g/mol. The molecule has 4 aromatic rings. The van der Waals surface area contributed by atoms with E-state index in [9.17, 15) is 9.59 Å². The van der Waals surface area contributed by atoms with Crippen LogP contribution in [0.4, 0.5) is 5.69 Å². The maximum absolute atomic E-state index is 12.9. The summed E-state index contributed by atoms with van der Waals surface area (Å²) in [7, 11) is 0. The Hall–Kier alpha value is -3.51. The van der Waals surface area contributed by atoms with E-state index >= 15 is 0 Å². The molecular formula is C21H15N3O2S. The van der Waals surface area contributed by atoms with E-state index in [-0.39, 0.29) is 16.2 Å². The first-order valence-corrected chi connectivity index (χ1v) is 8.75. The lowest BCUT2D eigenvalue weighted by atomic mass is 10.1. The highest BCUT2D eigenvalue weighted by Crippen LogP contribution is 2.15. The second-order valence-electron chi connectivity index (χ2n) is 5.99. The second kappa shape index (κ2) is 7.01. The average Bonchev–Trinajstić information content (AvgIpc) is 2.69. The molecule has 0 saturated carbocycles. The number of nitrogens with zero attached hydrogens (tertiary/aromatic N) is 1. The number of H-pyrrole nitrogens is 1. The van der Waals surface area contributed by atoms with Crippen LogP contribution in [0.1, 0.15) is 10.4 Å². The maximum Gasteiger partial charge on any atom is 0.266 e. The van der Waals surface area contributed by atoms with Gasteiger partial charge in [0.05, 0.1) is 16.6 Å². The quantitative estimate of drug-likeness (QED) is 0.526. The number of anilines is 1. The van der Waals surface area contributed by atoms with E-state index in [1.807, 2.05) is 60.7 Å². The fraction of sp³-hybridized carbons (Fsp3) is 0. The van der Waals surface area contributed by atoms with Gasteiger partial charge in [-0.25, -0.2) is 0 Å². The van der Waals surface area contributed by atoms with Crippen LogP contribution in [0, 0.1) is 4.77 Å². The summed E-state index contributed by atoms with van der Waals surface area (Å²) >= 11 is 5.37.